The molecule has 3 nitrogen and oxygen atoms in total. The lowest BCUT2D eigenvalue weighted by Crippen LogP contribution is -1.91. The van der Waals surface area contributed by atoms with Crippen LogP contribution in [0.5, 0.6) is 0 Å². The molecule has 0 aliphatic rings. The van der Waals surface area contributed by atoms with Crippen LogP contribution in [0.3, 0.4) is 0 Å². The van der Waals surface area contributed by atoms with Crippen molar-refractivity contribution >= 4 is 43.3 Å². The molecule has 0 aliphatic carbocycles. The molecule has 4 heteroatoms. The molecule has 5 rings (SSSR count). The maximum Gasteiger partial charge on any atom is 0.154 e. The van der Waals surface area contributed by atoms with Crippen LogP contribution in [-0.2, 0) is 0 Å². The highest BCUT2D eigenvalue weighted by atomic mass is 79.9. The monoisotopic (exact) mass is 362 g/mol. The lowest BCUT2D eigenvalue weighted by molar-refractivity contribution is 0.581. The zero-order valence-electron chi connectivity index (χ0n) is 12.0. The lowest BCUT2D eigenvalue weighted by Gasteiger charge is -2.06. The minimum Gasteiger partial charge on any atom is -0.463 e. The third kappa shape index (κ3) is 1.85. The second kappa shape index (κ2) is 4.70. The SMILES string of the molecule is Brc1ccc2cc3c4ccccc4nc(-c4ccco4)c3n2c1. The van der Waals surface area contributed by atoms with Gasteiger partial charge in [0.25, 0.3) is 0 Å². The number of nitrogens with zero attached hydrogens (tertiary/aromatic N) is 2. The standard InChI is InChI=1S/C19H11BrN2O/c20-12-7-8-13-10-15-14-4-1-2-5-16(14)21-18(17-6-3-9-23-17)19(15)22(13)11-12/h1-11H. The van der Waals surface area contributed by atoms with Gasteiger partial charge in [-0.25, -0.2) is 4.98 Å². The molecule has 0 atom stereocenters. The van der Waals surface area contributed by atoms with Gasteiger partial charge in [0.1, 0.15) is 5.69 Å². The summed E-state index contributed by atoms with van der Waals surface area (Å²) in [6.07, 6.45) is 3.75. The zero-order chi connectivity index (χ0) is 15.4. The highest BCUT2D eigenvalue weighted by Crippen LogP contribution is 2.35. The van der Waals surface area contributed by atoms with E-state index in [0.29, 0.717) is 0 Å². The van der Waals surface area contributed by atoms with E-state index in [1.54, 1.807) is 6.26 Å². The van der Waals surface area contributed by atoms with E-state index in [-0.39, 0.29) is 0 Å². The van der Waals surface area contributed by atoms with E-state index in [0.717, 1.165) is 37.9 Å². The summed E-state index contributed by atoms with van der Waals surface area (Å²) in [7, 11) is 0. The van der Waals surface area contributed by atoms with Crippen molar-refractivity contribution in [3.05, 3.63) is 71.5 Å². The minimum absolute atomic E-state index is 0.778. The molecule has 0 saturated carbocycles. The number of hydrogen-bond acceptors (Lipinski definition) is 2. The number of para-hydroxylation sites is 1. The molecule has 23 heavy (non-hydrogen) atoms. The van der Waals surface area contributed by atoms with Gasteiger partial charge in [0.05, 0.1) is 17.3 Å². The van der Waals surface area contributed by atoms with Crippen LogP contribution in [0.2, 0.25) is 0 Å². The fraction of sp³-hybridized carbons (Fsp3) is 0. The van der Waals surface area contributed by atoms with Crippen LogP contribution in [0.4, 0.5) is 0 Å². The van der Waals surface area contributed by atoms with Crippen molar-refractivity contribution < 1.29 is 4.42 Å². The molecule has 0 amide bonds. The Labute approximate surface area is 140 Å². The van der Waals surface area contributed by atoms with Gasteiger partial charge in [-0.3, -0.25) is 0 Å². The first-order valence-electron chi connectivity index (χ1n) is 7.34. The quantitative estimate of drug-likeness (QED) is 0.385. The molecule has 0 saturated heterocycles. The molecule has 4 heterocycles. The van der Waals surface area contributed by atoms with Gasteiger partial charge in [0, 0.05) is 27.0 Å². The van der Waals surface area contributed by atoms with Gasteiger partial charge in [-0.15, -0.1) is 0 Å². The summed E-state index contributed by atoms with van der Waals surface area (Å²) in [4.78, 5) is 4.87. The summed E-state index contributed by atoms with van der Waals surface area (Å²) in [5.41, 5.74) is 4.03. The largest absolute Gasteiger partial charge is 0.463 e. The number of rotatable bonds is 1. The maximum atomic E-state index is 5.64. The number of hydrogen-bond donors (Lipinski definition) is 0. The number of halogens is 1. The minimum atomic E-state index is 0.778. The van der Waals surface area contributed by atoms with E-state index in [1.807, 2.05) is 30.3 Å². The van der Waals surface area contributed by atoms with Gasteiger partial charge >= 0.3 is 0 Å². The topological polar surface area (TPSA) is 30.4 Å². The molecule has 4 aromatic heterocycles. The van der Waals surface area contributed by atoms with Crippen molar-refractivity contribution in [2.75, 3.05) is 0 Å². The van der Waals surface area contributed by atoms with Crippen LogP contribution in [0, 0.1) is 0 Å². The molecule has 0 aliphatic heterocycles. The molecule has 0 radical (unpaired) electrons. The first kappa shape index (κ1) is 12.9. The summed E-state index contributed by atoms with van der Waals surface area (Å²) >= 11 is 3.56. The van der Waals surface area contributed by atoms with E-state index in [2.05, 4.69) is 50.8 Å². The summed E-state index contributed by atoms with van der Waals surface area (Å²) in [5, 5.41) is 2.33. The van der Waals surface area contributed by atoms with Crippen molar-refractivity contribution in [2.24, 2.45) is 0 Å². The van der Waals surface area contributed by atoms with Crippen molar-refractivity contribution in [2.45, 2.75) is 0 Å². The van der Waals surface area contributed by atoms with Crippen LogP contribution in [-0.4, -0.2) is 9.38 Å². The number of furan rings is 1. The first-order valence-corrected chi connectivity index (χ1v) is 8.13. The van der Waals surface area contributed by atoms with Gasteiger partial charge in [-0.2, -0.15) is 0 Å². The van der Waals surface area contributed by atoms with Crippen LogP contribution in [0.1, 0.15) is 0 Å². The van der Waals surface area contributed by atoms with E-state index in [9.17, 15) is 0 Å². The van der Waals surface area contributed by atoms with Gasteiger partial charge < -0.3 is 8.82 Å². The van der Waals surface area contributed by atoms with E-state index >= 15 is 0 Å². The predicted molar refractivity (Wildman–Crippen MR) is 95.6 cm³/mol. The number of pyridine rings is 2. The van der Waals surface area contributed by atoms with Crippen LogP contribution < -0.4 is 0 Å². The Bertz CT molecular complexity index is 1170. The van der Waals surface area contributed by atoms with Gasteiger partial charge in [-0.1, -0.05) is 18.2 Å². The Balaban J connectivity index is 2.08. The Morgan fingerprint density at radius 1 is 0.957 bits per heavy atom. The molecule has 5 aromatic rings. The van der Waals surface area contributed by atoms with Crippen molar-refractivity contribution in [1.29, 1.82) is 0 Å². The normalized spacial score (nSPS) is 11.7. The molecule has 1 aromatic carbocycles. The van der Waals surface area contributed by atoms with Crippen LogP contribution in [0.25, 0.3) is 38.8 Å². The molecule has 0 N–H and O–H groups in total. The van der Waals surface area contributed by atoms with Crippen molar-refractivity contribution in [3.63, 3.8) is 0 Å². The Morgan fingerprint density at radius 2 is 1.87 bits per heavy atom. The number of benzene rings is 1. The first-order chi connectivity index (χ1) is 11.3. The second-order valence-electron chi connectivity index (χ2n) is 5.50. The molecule has 0 unspecified atom stereocenters. The van der Waals surface area contributed by atoms with Gasteiger partial charge in [0.2, 0.25) is 0 Å². The van der Waals surface area contributed by atoms with Crippen LogP contribution in [0.15, 0.2) is 75.9 Å². The highest BCUT2D eigenvalue weighted by Gasteiger charge is 2.16. The average molecular weight is 363 g/mol. The predicted octanol–water partition coefficient (Wildman–Crippen LogP) is 5.66. The van der Waals surface area contributed by atoms with Crippen molar-refractivity contribution in [3.8, 4) is 11.5 Å². The van der Waals surface area contributed by atoms with Crippen LogP contribution >= 0.6 is 15.9 Å². The second-order valence-corrected chi connectivity index (χ2v) is 6.42. The van der Waals surface area contributed by atoms with Gasteiger partial charge in [0.15, 0.2) is 5.76 Å². The van der Waals surface area contributed by atoms with E-state index in [1.165, 1.54) is 5.39 Å². The summed E-state index contributed by atoms with van der Waals surface area (Å²) < 4.78 is 8.83. The van der Waals surface area contributed by atoms with Gasteiger partial charge in [-0.05, 0) is 52.3 Å². The summed E-state index contributed by atoms with van der Waals surface area (Å²) in [6.45, 7) is 0. The fourth-order valence-electron chi connectivity index (χ4n) is 3.15. The number of aromatic nitrogens is 2. The molecular formula is C19H11BrN2O. The van der Waals surface area contributed by atoms with E-state index < -0.39 is 0 Å². The zero-order valence-corrected chi connectivity index (χ0v) is 13.6. The average Bonchev–Trinajstić information content (AvgIpc) is 3.22. The third-order valence-corrected chi connectivity index (χ3v) is 4.61. The highest BCUT2D eigenvalue weighted by molar-refractivity contribution is 9.10. The van der Waals surface area contributed by atoms with E-state index in [4.69, 9.17) is 9.40 Å². The Hall–Kier alpha value is -2.59. The molecule has 0 fully saturated rings. The maximum absolute atomic E-state index is 5.64. The lowest BCUT2D eigenvalue weighted by atomic mass is 10.1. The smallest absolute Gasteiger partial charge is 0.154 e. The number of fused-ring (bicyclic) bond motifs is 5. The Kier molecular flexibility index (Phi) is 2.64. The molecule has 110 valence electrons. The molecular weight excluding hydrogens is 352 g/mol. The molecule has 0 bridgehead atoms. The fourth-order valence-corrected chi connectivity index (χ4v) is 3.48. The van der Waals surface area contributed by atoms with Crippen molar-refractivity contribution in [1.82, 2.24) is 9.38 Å². The summed E-state index contributed by atoms with van der Waals surface area (Å²) in [5.74, 6) is 0.778. The molecule has 0 spiro atoms. The summed E-state index contributed by atoms with van der Waals surface area (Å²) in [6, 6.07) is 18.4. The Morgan fingerprint density at radius 3 is 2.74 bits per heavy atom. The third-order valence-electron chi connectivity index (χ3n) is 4.14.